The number of carbonyl (C=O) groups excluding carboxylic acids is 2. The quantitative estimate of drug-likeness (QED) is 0.356. The minimum atomic E-state index is -4.57. The van der Waals surface area contributed by atoms with Crippen LogP contribution >= 0.6 is 0 Å². The first-order valence-electron chi connectivity index (χ1n) is 13.0. The molecule has 1 saturated carbocycles. The highest BCUT2D eigenvalue weighted by Crippen LogP contribution is 2.34. The van der Waals surface area contributed by atoms with Crippen molar-refractivity contribution in [1.82, 2.24) is 25.7 Å². The zero-order chi connectivity index (χ0) is 28.6. The summed E-state index contributed by atoms with van der Waals surface area (Å²) in [7, 11) is 1.41. The zero-order valence-corrected chi connectivity index (χ0v) is 22.2. The van der Waals surface area contributed by atoms with Gasteiger partial charge in [-0.1, -0.05) is 18.1 Å². The molecule has 4 unspecified atom stereocenters. The number of aromatic nitrogens is 2. The van der Waals surface area contributed by atoms with Crippen molar-refractivity contribution in [2.24, 2.45) is 0 Å². The van der Waals surface area contributed by atoms with Gasteiger partial charge in [0.15, 0.2) is 5.58 Å². The fourth-order valence-electron chi connectivity index (χ4n) is 4.72. The number of rotatable bonds is 11. The molecule has 3 heterocycles. The molecular weight excluding hydrogens is 535 g/mol. The van der Waals surface area contributed by atoms with E-state index in [-0.39, 0.29) is 18.6 Å². The number of oxazole rings is 1. The van der Waals surface area contributed by atoms with Crippen molar-refractivity contribution in [3.63, 3.8) is 0 Å². The summed E-state index contributed by atoms with van der Waals surface area (Å²) in [6.07, 6.45) is -1.33. The van der Waals surface area contributed by atoms with Crippen LogP contribution in [0.1, 0.15) is 66.3 Å². The molecule has 3 aromatic rings. The standard InChI is InChI=1S/C26H30F3N5O6/c1-4-17-16(11-38-33-17)23(35)32-22(13(2)39-15-6-7-15)24-30-18-9-14(5-8-20(18)40-24)19(12-37-3)34-10-21(26(27,28)29)31-25(34)36/h5,8-9,11,13,15,19,21-22H,4,6-7,10,12H2,1-3H3,(H,31,36)(H,32,35). The highest BCUT2D eigenvalue weighted by atomic mass is 19.4. The van der Waals surface area contributed by atoms with E-state index in [1.54, 1.807) is 18.2 Å². The molecule has 0 radical (unpaired) electrons. The van der Waals surface area contributed by atoms with Crippen molar-refractivity contribution in [3.05, 3.63) is 47.2 Å². The van der Waals surface area contributed by atoms with Crippen molar-refractivity contribution in [1.29, 1.82) is 0 Å². The van der Waals surface area contributed by atoms with Crippen molar-refractivity contribution < 1.29 is 41.2 Å². The van der Waals surface area contributed by atoms with E-state index in [9.17, 15) is 22.8 Å². The number of carbonyl (C=O) groups is 2. The summed E-state index contributed by atoms with van der Waals surface area (Å²) in [4.78, 5) is 31.3. The van der Waals surface area contributed by atoms with Gasteiger partial charge in [0.25, 0.3) is 5.91 Å². The third-order valence-corrected chi connectivity index (χ3v) is 7.02. The number of hydrogen-bond acceptors (Lipinski definition) is 8. The van der Waals surface area contributed by atoms with Gasteiger partial charge in [-0.2, -0.15) is 13.2 Å². The molecule has 1 aliphatic carbocycles. The van der Waals surface area contributed by atoms with Crippen molar-refractivity contribution in [2.75, 3.05) is 20.3 Å². The molecule has 2 aromatic heterocycles. The van der Waals surface area contributed by atoms with Gasteiger partial charge in [-0.05, 0) is 43.9 Å². The van der Waals surface area contributed by atoms with Crippen molar-refractivity contribution >= 4 is 23.0 Å². The van der Waals surface area contributed by atoms with E-state index < -0.39 is 48.9 Å². The largest absolute Gasteiger partial charge is 0.438 e. The highest BCUT2D eigenvalue weighted by molar-refractivity contribution is 5.95. The fourth-order valence-corrected chi connectivity index (χ4v) is 4.72. The van der Waals surface area contributed by atoms with E-state index >= 15 is 0 Å². The molecule has 3 amide bonds. The molecule has 40 heavy (non-hydrogen) atoms. The van der Waals surface area contributed by atoms with E-state index in [4.69, 9.17) is 18.4 Å². The minimum absolute atomic E-state index is 0.0301. The van der Waals surface area contributed by atoms with Crippen LogP contribution in [0.3, 0.4) is 0 Å². The number of benzene rings is 1. The Kier molecular flexibility index (Phi) is 7.73. The van der Waals surface area contributed by atoms with Gasteiger partial charge in [0.2, 0.25) is 5.89 Å². The maximum absolute atomic E-state index is 13.3. The molecule has 216 valence electrons. The lowest BCUT2D eigenvalue weighted by atomic mass is 10.1. The monoisotopic (exact) mass is 565 g/mol. The summed E-state index contributed by atoms with van der Waals surface area (Å²) in [6, 6.07) is 0.556. The van der Waals surface area contributed by atoms with Crippen LogP contribution in [-0.2, 0) is 15.9 Å². The Hall–Kier alpha value is -3.65. The van der Waals surface area contributed by atoms with E-state index in [2.05, 4.69) is 15.5 Å². The van der Waals surface area contributed by atoms with Crippen LogP contribution in [-0.4, -0.2) is 71.7 Å². The molecule has 2 N–H and O–H groups in total. The number of hydrogen-bond donors (Lipinski definition) is 2. The molecule has 1 aromatic carbocycles. The smallest absolute Gasteiger partial charge is 0.410 e. The average molecular weight is 566 g/mol. The van der Waals surface area contributed by atoms with Crippen LogP contribution in [0, 0.1) is 0 Å². The van der Waals surface area contributed by atoms with Gasteiger partial charge >= 0.3 is 12.2 Å². The van der Waals surface area contributed by atoms with Crippen LogP contribution in [0.4, 0.5) is 18.0 Å². The van der Waals surface area contributed by atoms with Crippen LogP contribution < -0.4 is 10.6 Å². The van der Waals surface area contributed by atoms with E-state index in [0.717, 1.165) is 17.7 Å². The second-order valence-corrected chi connectivity index (χ2v) is 9.97. The Balaban J connectivity index is 1.43. The first-order valence-corrected chi connectivity index (χ1v) is 13.0. The van der Waals surface area contributed by atoms with Crippen LogP contribution in [0.5, 0.6) is 0 Å². The van der Waals surface area contributed by atoms with Crippen molar-refractivity contribution in [2.45, 2.75) is 69.6 Å². The van der Waals surface area contributed by atoms with Crippen molar-refractivity contribution in [3.8, 4) is 0 Å². The number of urea groups is 1. The normalized spacial score (nSPS) is 20.0. The predicted octanol–water partition coefficient (Wildman–Crippen LogP) is 4.06. The second-order valence-electron chi connectivity index (χ2n) is 9.97. The number of nitrogens with one attached hydrogen (secondary N) is 2. The molecule has 1 saturated heterocycles. The van der Waals surface area contributed by atoms with Gasteiger partial charge < -0.3 is 33.9 Å². The minimum Gasteiger partial charge on any atom is -0.438 e. The Morgan fingerprint density at radius 3 is 2.75 bits per heavy atom. The molecular formula is C26H30F3N5O6. The SMILES string of the molecule is CCc1nocc1C(=O)NC(c1nc2cc(C(COC)N3CC(C(F)(F)F)NC3=O)ccc2o1)C(C)OC1CC1. The highest BCUT2D eigenvalue weighted by Gasteiger charge is 2.48. The molecule has 11 nitrogen and oxygen atoms in total. The van der Waals surface area contributed by atoms with E-state index in [1.807, 2.05) is 19.2 Å². The summed E-state index contributed by atoms with van der Waals surface area (Å²) >= 11 is 0. The molecule has 0 spiro atoms. The van der Waals surface area contributed by atoms with Crippen LogP contribution in [0.15, 0.2) is 33.4 Å². The number of halogens is 3. The van der Waals surface area contributed by atoms with Gasteiger partial charge in [0.1, 0.15) is 29.4 Å². The third-order valence-electron chi connectivity index (χ3n) is 7.02. The second kappa shape index (κ2) is 11.1. The molecule has 5 rings (SSSR count). The first-order chi connectivity index (χ1) is 19.1. The molecule has 4 atom stereocenters. The summed E-state index contributed by atoms with van der Waals surface area (Å²) in [5, 5.41) is 8.77. The number of methoxy groups -OCH3 is 1. The Morgan fingerprint density at radius 2 is 2.10 bits per heavy atom. The first kappa shape index (κ1) is 27.9. The van der Waals surface area contributed by atoms with Gasteiger partial charge in [0.05, 0.1) is 37.1 Å². The van der Waals surface area contributed by atoms with Crippen LogP contribution in [0.25, 0.3) is 11.1 Å². The number of ether oxygens (including phenoxy) is 2. The third kappa shape index (κ3) is 5.77. The maximum Gasteiger partial charge on any atom is 0.410 e. The number of fused-ring (bicyclic) bond motifs is 1. The molecule has 14 heteroatoms. The van der Waals surface area contributed by atoms with Crippen LogP contribution in [0.2, 0.25) is 0 Å². The maximum atomic E-state index is 13.3. The average Bonchev–Trinajstić information content (AvgIpc) is 3.29. The summed E-state index contributed by atoms with van der Waals surface area (Å²) in [5.74, 6) is -0.223. The lowest BCUT2D eigenvalue weighted by Crippen LogP contribution is -2.40. The predicted molar refractivity (Wildman–Crippen MR) is 133 cm³/mol. The lowest BCUT2D eigenvalue weighted by molar-refractivity contribution is -0.150. The molecule has 1 aliphatic heterocycles. The van der Waals surface area contributed by atoms with Gasteiger partial charge in [-0.25, -0.2) is 9.78 Å². The number of nitrogens with zero attached hydrogens (tertiary/aromatic N) is 3. The zero-order valence-electron chi connectivity index (χ0n) is 22.2. The number of amides is 3. The topological polar surface area (TPSA) is 132 Å². The Labute approximate surface area is 227 Å². The Bertz CT molecular complexity index is 1370. The van der Waals surface area contributed by atoms with E-state index in [0.29, 0.717) is 34.3 Å². The van der Waals surface area contributed by atoms with Gasteiger partial charge in [-0.15, -0.1) is 0 Å². The molecule has 0 bridgehead atoms. The van der Waals surface area contributed by atoms with Gasteiger partial charge in [0, 0.05) is 7.11 Å². The molecule has 2 aliphatic rings. The molecule has 2 fully saturated rings. The van der Waals surface area contributed by atoms with Gasteiger partial charge in [-0.3, -0.25) is 4.79 Å². The summed E-state index contributed by atoms with van der Waals surface area (Å²) in [6.45, 7) is 3.09. The fraction of sp³-hybridized carbons (Fsp3) is 0.538. The lowest BCUT2D eigenvalue weighted by Gasteiger charge is -2.27. The summed E-state index contributed by atoms with van der Waals surface area (Å²) < 4.78 is 62.1. The van der Waals surface area contributed by atoms with E-state index in [1.165, 1.54) is 13.4 Å². The summed E-state index contributed by atoms with van der Waals surface area (Å²) in [5.41, 5.74) is 2.13. The Morgan fingerprint density at radius 1 is 1.32 bits per heavy atom. The number of alkyl halides is 3. The number of aryl methyl sites for hydroxylation is 1.